The molecule has 1 saturated heterocycles. The molecule has 36 heavy (non-hydrogen) atoms. The monoisotopic (exact) mass is 524 g/mol. The lowest BCUT2D eigenvalue weighted by Crippen LogP contribution is -2.42. The van der Waals surface area contributed by atoms with Gasteiger partial charge in [0.2, 0.25) is 5.91 Å². The molecule has 1 aliphatic rings. The molecule has 188 valence electrons. The molecule has 0 spiro atoms. The van der Waals surface area contributed by atoms with E-state index in [1.54, 1.807) is 12.4 Å². The van der Waals surface area contributed by atoms with Gasteiger partial charge in [-0.05, 0) is 42.3 Å². The SMILES string of the molecule is CCc1[nH]c2nc(Sc3cnc4cccnc4c3)nc(N3CC(N)[C@H](C(=O)NCC(C)C)C3)c2c1Cl. The highest BCUT2D eigenvalue weighted by Gasteiger charge is 2.37. The molecule has 4 N–H and O–H groups in total. The molecule has 0 saturated carbocycles. The molecule has 11 heteroatoms. The number of H-pyrrole nitrogens is 1. The summed E-state index contributed by atoms with van der Waals surface area (Å²) in [6.07, 6.45) is 4.27. The first-order valence-electron chi connectivity index (χ1n) is 12.1. The quantitative estimate of drug-likeness (QED) is 0.312. The fourth-order valence-electron chi connectivity index (χ4n) is 4.40. The number of hydrogen-bond acceptors (Lipinski definition) is 8. The van der Waals surface area contributed by atoms with Gasteiger partial charge in [0.25, 0.3) is 0 Å². The molecular formula is C25H29ClN8OS. The van der Waals surface area contributed by atoms with Gasteiger partial charge in [-0.25, -0.2) is 9.97 Å². The molecule has 1 aliphatic heterocycles. The third-order valence-corrected chi connectivity index (χ3v) is 7.54. The molecule has 9 nitrogen and oxygen atoms in total. The minimum absolute atomic E-state index is 0.0252. The van der Waals surface area contributed by atoms with Crippen molar-refractivity contribution in [1.82, 2.24) is 30.2 Å². The van der Waals surface area contributed by atoms with E-state index < -0.39 is 0 Å². The number of halogens is 1. The van der Waals surface area contributed by atoms with E-state index in [1.165, 1.54) is 11.8 Å². The third-order valence-electron chi connectivity index (χ3n) is 6.30. The topological polar surface area (TPSA) is 126 Å². The van der Waals surface area contributed by atoms with Crippen LogP contribution in [0.1, 0.15) is 26.5 Å². The lowest BCUT2D eigenvalue weighted by atomic mass is 10.0. The van der Waals surface area contributed by atoms with Crippen LogP contribution >= 0.6 is 23.4 Å². The van der Waals surface area contributed by atoms with E-state index in [2.05, 4.69) is 39.0 Å². The van der Waals surface area contributed by atoms with Crippen molar-refractivity contribution >= 4 is 57.2 Å². The first kappa shape index (κ1) is 24.7. The van der Waals surface area contributed by atoms with E-state index in [0.29, 0.717) is 47.2 Å². The molecule has 0 radical (unpaired) electrons. The number of rotatable bonds is 7. The summed E-state index contributed by atoms with van der Waals surface area (Å²) >= 11 is 8.17. The first-order valence-corrected chi connectivity index (χ1v) is 13.3. The van der Waals surface area contributed by atoms with Crippen LogP contribution in [0.25, 0.3) is 22.1 Å². The molecule has 2 atom stereocenters. The number of carbonyl (C=O) groups is 1. The van der Waals surface area contributed by atoms with Crippen molar-refractivity contribution in [2.75, 3.05) is 24.5 Å². The Morgan fingerprint density at radius 2 is 2.14 bits per heavy atom. The molecule has 1 unspecified atom stereocenters. The molecule has 0 aromatic carbocycles. The predicted molar refractivity (Wildman–Crippen MR) is 143 cm³/mol. The second kappa shape index (κ2) is 10.2. The maximum atomic E-state index is 12.8. The summed E-state index contributed by atoms with van der Waals surface area (Å²) in [5.41, 5.74) is 9.63. The van der Waals surface area contributed by atoms with Gasteiger partial charge in [-0.3, -0.25) is 14.8 Å². The van der Waals surface area contributed by atoms with Crippen molar-refractivity contribution in [3.8, 4) is 0 Å². The van der Waals surface area contributed by atoms with Gasteiger partial charge in [-0.15, -0.1) is 0 Å². The largest absolute Gasteiger partial charge is 0.355 e. The molecule has 4 aromatic heterocycles. The van der Waals surface area contributed by atoms with Crippen LogP contribution in [0.3, 0.4) is 0 Å². The Bertz CT molecular complexity index is 1420. The molecule has 0 bridgehead atoms. The smallest absolute Gasteiger partial charge is 0.226 e. The first-order chi connectivity index (χ1) is 17.3. The summed E-state index contributed by atoms with van der Waals surface area (Å²) < 4.78 is 0. The number of carbonyl (C=O) groups excluding carboxylic acids is 1. The second-order valence-electron chi connectivity index (χ2n) is 9.45. The van der Waals surface area contributed by atoms with Crippen molar-refractivity contribution in [2.45, 2.75) is 43.3 Å². The zero-order valence-corrected chi connectivity index (χ0v) is 22.0. The second-order valence-corrected chi connectivity index (χ2v) is 10.9. The third kappa shape index (κ3) is 4.85. The summed E-state index contributed by atoms with van der Waals surface area (Å²) in [6.45, 7) is 7.76. The Balaban J connectivity index is 1.50. The van der Waals surface area contributed by atoms with Gasteiger partial charge >= 0.3 is 0 Å². The fourth-order valence-corrected chi connectivity index (χ4v) is 5.51. The van der Waals surface area contributed by atoms with E-state index in [-0.39, 0.29) is 17.9 Å². The number of aromatic nitrogens is 5. The van der Waals surface area contributed by atoms with E-state index in [1.807, 2.05) is 25.1 Å². The van der Waals surface area contributed by atoms with Crippen LogP contribution in [0.4, 0.5) is 5.82 Å². The van der Waals surface area contributed by atoms with Crippen molar-refractivity contribution in [3.05, 3.63) is 41.3 Å². The molecule has 5 heterocycles. The summed E-state index contributed by atoms with van der Waals surface area (Å²) in [6, 6.07) is 5.45. The summed E-state index contributed by atoms with van der Waals surface area (Å²) in [4.78, 5) is 37.7. The number of aromatic amines is 1. The molecule has 4 aromatic rings. The number of nitrogens with zero attached hydrogens (tertiary/aromatic N) is 5. The van der Waals surface area contributed by atoms with Crippen molar-refractivity contribution in [2.24, 2.45) is 17.6 Å². The van der Waals surface area contributed by atoms with E-state index in [0.717, 1.165) is 33.4 Å². The van der Waals surface area contributed by atoms with Crippen LogP contribution in [0.5, 0.6) is 0 Å². The highest BCUT2D eigenvalue weighted by atomic mass is 35.5. The van der Waals surface area contributed by atoms with Crippen LogP contribution in [-0.4, -0.2) is 56.5 Å². The Morgan fingerprint density at radius 1 is 1.31 bits per heavy atom. The summed E-state index contributed by atoms with van der Waals surface area (Å²) in [7, 11) is 0. The number of nitrogens with one attached hydrogen (secondary N) is 2. The molecule has 0 aliphatic carbocycles. The maximum Gasteiger partial charge on any atom is 0.226 e. The standard InChI is InChI=1S/C25H29ClN8OS/c1-4-17-21(26)20-22(31-17)32-25(36-14-8-19-18(29-10-14)6-5-7-28-19)33-23(20)34-11-15(16(27)12-34)24(35)30-9-13(2)3/h5-8,10,13,15-16H,4,9,11-12,27H2,1-3H3,(H,30,35)(H,31,32,33)/t15-,16?/m1/s1. The Kier molecular flexibility index (Phi) is 7.00. The highest BCUT2D eigenvalue weighted by molar-refractivity contribution is 7.99. The maximum absolute atomic E-state index is 12.8. The Hall–Kier alpha value is -2.95. The summed E-state index contributed by atoms with van der Waals surface area (Å²) in [5.74, 6) is 0.700. The molecular weight excluding hydrogens is 496 g/mol. The van der Waals surface area contributed by atoms with Gasteiger partial charge in [0.15, 0.2) is 5.16 Å². The molecule has 1 amide bonds. The number of pyridine rings is 2. The highest BCUT2D eigenvalue weighted by Crippen LogP contribution is 2.38. The van der Waals surface area contributed by atoms with Crippen LogP contribution in [0, 0.1) is 11.8 Å². The van der Waals surface area contributed by atoms with Gasteiger partial charge in [0, 0.05) is 48.7 Å². The lowest BCUT2D eigenvalue weighted by Gasteiger charge is -2.19. The number of amides is 1. The van der Waals surface area contributed by atoms with Crippen molar-refractivity contribution in [1.29, 1.82) is 0 Å². The van der Waals surface area contributed by atoms with Crippen LogP contribution < -0.4 is 16.0 Å². The van der Waals surface area contributed by atoms with E-state index in [9.17, 15) is 4.79 Å². The van der Waals surface area contributed by atoms with Gasteiger partial charge in [-0.1, -0.05) is 32.4 Å². The van der Waals surface area contributed by atoms with E-state index >= 15 is 0 Å². The van der Waals surface area contributed by atoms with Crippen molar-refractivity contribution in [3.63, 3.8) is 0 Å². The van der Waals surface area contributed by atoms with Gasteiger partial charge < -0.3 is 20.9 Å². The van der Waals surface area contributed by atoms with Crippen LogP contribution in [0.15, 0.2) is 40.6 Å². The zero-order valence-electron chi connectivity index (χ0n) is 20.5. The minimum atomic E-state index is -0.330. The Morgan fingerprint density at radius 3 is 2.92 bits per heavy atom. The van der Waals surface area contributed by atoms with Crippen LogP contribution in [-0.2, 0) is 11.2 Å². The van der Waals surface area contributed by atoms with Crippen LogP contribution in [0.2, 0.25) is 5.02 Å². The summed E-state index contributed by atoms with van der Waals surface area (Å²) in [5, 5.41) is 4.94. The molecule has 5 rings (SSSR count). The fraction of sp³-hybridized carbons (Fsp3) is 0.400. The van der Waals surface area contributed by atoms with Gasteiger partial charge in [-0.2, -0.15) is 0 Å². The number of fused-ring (bicyclic) bond motifs is 2. The number of aryl methyl sites for hydroxylation is 1. The van der Waals surface area contributed by atoms with Gasteiger partial charge in [0.1, 0.15) is 11.5 Å². The number of anilines is 1. The van der Waals surface area contributed by atoms with Crippen molar-refractivity contribution < 1.29 is 4.79 Å². The number of nitrogens with two attached hydrogens (primary N) is 1. The zero-order chi connectivity index (χ0) is 25.4. The average Bonchev–Trinajstić information content (AvgIpc) is 3.41. The molecule has 1 fully saturated rings. The normalized spacial score (nSPS) is 18.0. The average molecular weight is 525 g/mol. The minimum Gasteiger partial charge on any atom is -0.355 e. The Labute approximate surface area is 218 Å². The van der Waals surface area contributed by atoms with Gasteiger partial charge in [0.05, 0.1) is 27.4 Å². The lowest BCUT2D eigenvalue weighted by molar-refractivity contribution is -0.124. The predicted octanol–water partition coefficient (Wildman–Crippen LogP) is 3.80. The van der Waals surface area contributed by atoms with E-state index in [4.69, 9.17) is 27.3 Å². The number of hydrogen-bond donors (Lipinski definition) is 3.